The van der Waals surface area contributed by atoms with Crippen LogP contribution in [0, 0.1) is 0 Å². The highest BCUT2D eigenvalue weighted by Crippen LogP contribution is 2.07. The van der Waals surface area contributed by atoms with Crippen LogP contribution in [0.3, 0.4) is 0 Å². The van der Waals surface area contributed by atoms with Gasteiger partial charge in [0.1, 0.15) is 17.3 Å². The van der Waals surface area contributed by atoms with Crippen LogP contribution in [0.1, 0.15) is 24.1 Å². The van der Waals surface area contributed by atoms with Gasteiger partial charge in [-0.15, -0.1) is 0 Å². The predicted octanol–water partition coefficient (Wildman–Crippen LogP) is 1.12. The van der Waals surface area contributed by atoms with E-state index in [0.717, 1.165) is 12.0 Å². The number of fused-ring (bicyclic) bond motifs is 1. The number of benzene rings is 1. The number of hydrogen-bond donors (Lipinski definition) is 2. The maximum Gasteiger partial charge on any atom is 0.303 e. The van der Waals surface area contributed by atoms with Gasteiger partial charge in [-0.3, -0.25) is 9.59 Å². The SMILES string of the molecule is O=C(O)CCC(O)=c1c(=O)cc(CCc2ccccc2)n2ncnc12. The Morgan fingerprint density at radius 3 is 2.56 bits per heavy atom. The molecular formula is C18H17N3O4. The van der Waals surface area contributed by atoms with Crippen LogP contribution >= 0.6 is 0 Å². The summed E-state index contributed by atoms with van der Waals surface area (Å²) in [7, 11) is 0. The molecule has 2 N–H and O–H groups in total. The van der Waals surface area contributed by atoms with Gasteiger partial charge in [-0.25, -0.2) is 9.50 Å². The second-order valence-corrected chi connectivity index (χ2v) is 5.70. The molecule has 0 fully saturated rings. The van der Waals surface area contributed by atoms with Gasteiger partial charge in [0.15, 0.2) is 11.1 Å². The van der Waals surface area contributed by atoms with Crippen molar-refractivity contribution in [1.29, 1.82) is 0 Å². The summed E-state index contributed by atoms with van der Waals surface area (Å²) in [4.78, 5) is 27.2. The largest absolute Gasteiger partial charge is 0.511 e. The molecule has 0 aliphatic rings. The van der Waals surface area contributed by atoms with Gasteiger partial charge in [-0.05, 0) is 18.4 Å². The van der Waals surface area contributed by atoms with Gasteiger partial charge in [0.25, 0.3) is 0 Å². The molecule has 128 valence electrons. The van der Waals surface area contributed by atoms with Gasteiger partial charge >= 0.3 is 5.97 Å². The molecule has 0 atom stereocenters. The molecular weight excluding hydrogens is 322 g/mol. The molecule has 3 rings (SSSR count). The summed E-state index contributed by atoms with van der Waals surface area (Å²) in [5, 5.41) is 23.0. The molecule has 25 heavy (non-hydrogen) atoms. The van der Waals surface area contributed by atoms with Gasteiger partial charge < -0.3 is 10.2 Å². The number of nitrogens with zero attached hydrogens (tertiary/aromatic N) is 3. The van der Waals surface area contributed by atoms with Crippen LogP contribution in [-0.2, 0) is 17.6 Å². The Labute approximate surface area is 142 Å². The molecule has 2 aromatic heterocycles. The Bertz CT molecular complexity index is 1010. The minimum absolute atomic E-state index is 0.0159. The van der Waals surface area contributed by atoms with Crippen LogP contribution in [0.2, 0.25) is 0 Å². The number of aliphatic carboxylic acids is 1. The summed E-state index contributed by atoms with van der Waals surface area (Å²) in [5.74, 6) is -1.32. The molecule has 0 aliphatic heterocycles. The van der Waals surface area contributed by atoms with Crippen molar-refractivity contribution < 1.29 is 15.0 Å². The lowest BCUT2D eigenvalue weighted by molar-refractivity contribution is -0.136. The van der Waals surface area contributed by atoms with Crippen LogP contribution in [0.15, 0.2) is 47.5 Å². The average molecular weight is 339 g/mol. The third-order valence-electron chi connectivity index (χ3n) is 3.96. The minimum Gasteiger partial charge on any atom is -0.511 e. The molecule has 3 aromatic rings. The minimum atomic E-state index is -1.05. The van der Waals surface area contributed by atoms with Crippen LogP contribution < -0.4 is 10.6 Å². The molecule has 0 bridgehead atoms. The monoisotopic (exact) mass is 339 g/mol. The second-order valence-electron chi connectivity index (χ2n) is 5.70. The third kappa shape index (κ3) is 3.65. The van der Waals surface area contributed by atoms with Crippen molar-refractivity contribution in [1.82, 2.24) is 14.6 Å². The molecule has 0 spiro atoms. The van der Waals surface area contributed by atoms with E-state index in [-0.39, 0.29) is 34.9 Å². The van der Waals surface area contributed by atoms with Gasteiger partial charge in [0.2, 0.25) is 0 Å². The number of pyridine rings is 1. The van der Waals surface area contributed by atoms with Crippen molar-refractivity contribution >= 4 is 17.4 Å². The Morgan fingerprint density at radius 2 is 1.84 bits per heavy atom. The standard InChI is InChI=1S/C18H17N3O4/c22-14(8-9-16(24)25)17-15(23)10-13(21-18(17)19-11-20-21)7-6-12-4-2-1-3-5-12/h1-5,10-11,22H,6-9H2,(H,24,25). The number of carbonyl (C=O) groups is 1. The topological polar surface area (TPSA) is 105 Å². The Morgan fingerprint density at radius 1 is 1.08 bits per heavy atom. The lowest BCUT2D eigenvalue weighted by atomic mass is 10.1. The van der Waals surface area contributed by atoms with E-state index in [1.165, 1.54) is 16.9 Å². The number of hydrogen-bond acceptors (Lipinski definition) is 5. The summed E-state index contributed by atoms with van der Waals surface area (Å²) < 4.78 is 1.52. The maximum atomic E-state index is 12.4. The molecule has 0 amide bonds. The normalized spacial score (nSPS) is 12.3. The first kappa shape index (κ1) is 16.6. The molecule has 1 aromatic carbocycles. The highest BCUT2D eigenvalue weighted by atomic mass is 16.4. The number of aliphatic hydroxyl groups is 1. The molecule has 7 heteroatoms. The molecule has 0 unspecified atom stereocenters. The van der Waals surface area contributed by atoms with E-state index in [1.54, 1.807) is 0 Å². The van der Waals surface area contributed by atoms with Crippen LogP contribution in [0.25, 0.3) is 11.4 Å². The van der Waals surface area contributed by atoms with E-state index in [9.17, 15) is 14.7 Å². The van der Waals surface area contributed by atoms with Crippen LogP contribution in [0.4, 0.5) is 0 Å². The number of aryl methyl sites for hydroxylation is 2. The van der Waals surface area contributed by atoms with Crippen LogP contribution in [-0.4, -0.2) is 30.8 Å². The smallest absolute Gasteiger partial charge is 0.303 e. The summed E-state index contributed by atoms with van der Waals surface area (Å²) >= 11 is 0. The van der Waals surface area contributed by atoms with Crippen molar-refractivity contribution in [2.75, 3.05) is 0 Å². The predicted molar refractivity (Wildman–Crippen MR) is 91.2 cm³/mol. The van der Waals surface area contributed by atoms with Gasteiger partial charge in [-0.2, -0.15) is 5.10 Å². The number of carboxylic acids is 1. The first-order valence-corrected chi connectivity index (χ1v) is 7.89. The summed E-state index contributed by atoms with van der Waals surface area (Å²) in [6.45, 7) is 0. The Kier molecular flexibility index (Phi) is 4.74. The number of rotatable bonds is 6. The lowest BCUT2D eigenvalue weighted by Gasteiger charge is -2.05. The Hall–Kier alpha value is -3.22. The first-order valence-electron chi connectivity index (χ1n) is 7.89. The zero-order valence-electron chi connectivity index (χ0n) is 13.4. The maximum absolute atomic E-state index is 12.4. The van der Waals surface area contributed by atoms with Gasteiger partial charge in [0, 0.05) is 18.2 Å². The van der Waals surface area contributed by atoms with E-state index in [0.29, 0.717) is 12.1 Å². The second kappa shape index (κ2) is 7.12. The number of carboxylic acid groups (broad SMARTS) is 1. The third-order valence-corrected chi connectivity index (χ3v) is 3.96. The van der Waals surface area contributed by atoms with Crippen molar-refractivity contribution in [3.63, 3.8) is 0 Å². The van der Waals surface area contributed by atoms with Crippen molar-refractivity contribution in [2.24, 2.45) is 0 Å². The zero-order chi connectivity index (χ0) is 17.8. The van der Waals surface area contributed by atoms with E-state index >= 15 is 0 Å². The Balaban J connectivity index is 1.99. The number of aromatic nitrogens is 3. The van der Waals surface area contributed by atoms with E-state index in [1.807, 2.05) is 30.3 Å². The van der Waals surface area contributed by atoms with Gasteiger partial charge in [-0.1, -0.05) is 30.3 Å². The van der Waals surface area contributed by atoms with Gasteiger partial charge in [0.05, 0.1) is 6.42 Å². The van der Waals surface area contributed by atoms with Crippen molar-refractivity contribution in [2.45, 2.75) is 25.7 Å². The molecule has 0 radical (unpaired) electrons. The van der Waals surface area contributed by atoms with Crippen LogP contribution in [0.5, 0.6) is 0 Å². The fraction of sp³-hybridized carbons (Fsp3) is 0.222. The molecule has 7 nitrogen and oxygen atoms in total. The molecule has 2 heterocycles. The highest BCUT2D eigenvalue weighted by Gasteiger charge is 2.12. The lowest BCUT2D eigenvalue weighted by Crippen LogP contribution is -2.31. The van der Waals surface area contributed by atoms with Crippen molar-refractivity contribution in [3.8, 4) is 0 Å². The fourth-order valence-corrected chi connectivity index (χ4v) is 2.73. The molecule has 0 saturated carbocycles. The number of aliphatic hydroxyl groups excluding tert-OH is 1. The zero-order valence-corrected chi connectivity index (χ0v) is 13.4. The van der Waals surface area contributed by atoms with E-state index in [4.69, 9.17) is 5.11 Å². The first-order chi connectivity index (χ1) is 12.1. The summed E-state index contributed by atoms with van der Waals surface area (Å²) in [6.07, 6.45) is 2.26. The molecule has 0 aliphatic carbocycles. The molecule has 0 saturated heterocycles. The quantitative estimate of drug-likeness (QED) is 0.697. The highest BCUT2D eigenvalue weighted by molar-refractivity contribution is 5.68. The van der Waals surface area contributed by atoms with E-state index < -0.39 is 5.97 Å². The van der Waals surface area contributed by atoms with Crippen molar-refractivity contribution in [3.05, 3.63) is 69.4 Å². The summed E-state index contributed by atoms with van der Waals surface area (Å²) in [5.41, 5.74) is 1.70. The average Bonchev–Trinajstić information content (AvgIpc) is 3.08. The summed E-state index contributed by atoms with van der Waals surface area (Å²) in [6, 6.07) is 11.3. The van der Waals surface area contributed by atoms with E-state index in [2.05, 4.69) is 10.1 Å². The fourth-order valence-electron chi connectivity index (χ4n) is 2.73.